The number of methoxy groups -OCH3 is 1. The lowest BCUT2D eigenvalue weighted by molar-refractivity contribution is 0.0601. The van der Waals surface area contributed by atoms with Gasteiger partial charge in [-0.05, 0) is 42.8 Å². The second-order valence-corrected chi connectivity index (χ2v) is 5.39. The van der Waals surface area contributed by atoms with E-state index in [0.29, 0.717) is 4.60 Å². The summed E-state index contributed by atoms with van der Waals surface area (Å²) < 4.78 is 10.1. The second kappa shape index (κ2) is 6.01. The topological polar surface area (TPSA) is 77.5 Å². The van der Waals surface area contributed by atoms with Crippen LogP contribution in [-0.2, 0) is 9.47 Å². The summed E-state index contributed by atoms with van der Waals surface area (Å²) in [6.45, 7) is 5.23. The molecule has 1 aromatic heterocycles. The summed E-state index contributed by atoms with van der Waals surface area (Å²) in [5, 5.41) is 2.48. The Morgan fingerprint density at radius 3 is 2.53 bits per heavy atom. The molecule has 0 saturated heterocycles. The molecule has 1 N–H and O–H groups in total. The van der Waals surface area contributed by atoms with Crippen molar-refractivity contribution < 1.29 is 19.1 Å². The Bertz CT molecular complexity index is 497. The summed E-state index contributed by atoms with van der Waals surface area (Å²) in [7, 11) is 1.26. The highest BCUT2D eigenvalue weighted by molar-refractivity contribution is 9.10. The average molecular weight is 331 g/mol. The lowest BCUT2D eigenvalue weighted by Crippen LogP contribution is -2.28. The highest BCUT2D eigenvalue weighted by atomic mass is 79.9. The Labute approximate surface area is 119 Å². The molecule has 6 nitrogen and oxygen atoms in total. The van der Waals surface area contributed by atoms with E-state index in [1.807, 2.05) is 0 Å². The summed E-state index contributed by atoms with van der Waals surface area (Å²) in [6.07, 6.45) is 0.753. The largest absolute Gasteiger partial charge is 0.465 e. The van der Waals surface area contributed by atoms with E-state index in [2.05, 4.69) is 31.0 Å². The minimum atomic E-state index is -0.675. The van der Waals surface area contributed by atoms with Gasteiger partial charge in [0.2, 0.25) is 0 Å². The molecule has 1 aromatic rings. The molecule has 0 aliphatic heterocycles. The zero-order chi connectivity index (χ0) is 14.6. The molecule has 0 fully saturated rings. The van der Waals surface area contributed by atoms with Gasteiger partial charge in [-0.1, -0.05) is 0 Å². The molecule has 0 unspecified atom stereocenters. The maximum atomic E-state index is 11.7. The predicted octanol–water partition coefficient (Wildman–Crippen LogP) is 2.98. The molecule has 0 aliphatic carbocycles. The summed E-state index contributed by atoms with van der Waals surface area (Å²) in [6, 6.07) is 1.45. The van der Waals surface area contributed by atoms with Crippen molar-refractivity contribution in [3.05, 3.63) is 22.4 Å². The van der Waals surface area contributed by atoms with Gasteiger partial charge in [-0.2, -0.15) is 0 Å². The summed E-state index contributed by atoms with van der Waals surface area (Å²) in [5.41, 5.74) is -0.233. The number of nitrogens with one attached hydrogen (secondary N) is 1. The Morgan fingerprint density at radius 1 is 1.37 bits per heavy atom. The summed E-state index contributed by atoms with van der Waals surface area (Å²) in [5.74, 6) is -0.575. The molecule has 1 rings (SSSR count). The molecular weight excluding hydrogens is 316 g/mol. The number of halogens is 1. The number of carbonyl (C=O) groups is 2. The number of pyridine rings is 1. The van der Waals surface area contributed by atoms with Crippen LogP contribution >= 0.6 is 15.9 Å². The minimum Gasteiger partial charge on any atom is -0.465 e. The Morgan fingerprint density at radius 2 is 2.00 bits per heavy atom. The first-order chi connectivity index (χ1) is 8.74. The number of hydrogen-bond donors (Lipinski definition) is 1. The predicted molar refractivity (Wildman–Crippen MR) is 73.1 cm³/mol. The van der Waals surface area contributed by atoms with Crippen molar-refractivity contribution >= 4 is 33.7 Å². The number of hydrogen-bond acceptors (Lipinski definition) is 5. The Hall–Kier alpha value is -1.63. The molecule has 104 valence electrons. The van der Waals surface area contributed by atoms with Crippen molar-refractivity contribution in [2.75, 3.05) is 12.4 Å². The van der Waals surface area contributed by atoms with Crippen molar-refractivity contribution in [2.45, 2.75) is 26.4 Å². The number of rotatable bonds is 2. The zero-order valence-corrected chi connectivity index (χ0v) is 12.7. The number of ether oxygens (including phenoxy) is 2. The van der Waals surface area contributed by atoms with Crippen molar-refractivity contribution in [3.8, 4) is 0 Å². The van der Waals surface area contributed by atoms with Gasteiger partial charge in [-0.3, -0.25) is 5.32 Å². The SMILES string of the molecule is COC(=O)c1ccnc(Br)c1NC(=O)OC(C)(C)C. The van der Waals surface area contributed by atoms with Gasteiger partial charge < -0.3 is 9.47 Å². The van der Waals surface area contributed by atoms with Crippen LogP contribution in [0.4, 0.5) is 10.5 Å². The van der Waals surface area contributed by atoms with E-state index in [1.165, 1.54) is 19.4 Å². The summed E-state index contributed by atoms with van der Waals surface area (Å²) >= 11 is 3.16. The molecule has 0 spiro atoms. The fourth-order valence-electron chi connectivity index (χ4n) is 1.24. The van der Waals surface area contributed by atoms with Crippen molar-refractivity contribution in [1.29, 1.82) is 0 Å². The Balaban J connectivity index is 3.00. The highest BCUT2D eigenvalue weighted by Gasteiger charge is 2.21. The summed E-state index contributed by atoms with van der Waals surface area (Å²) in [4.78, 5) is 27.2. The van der Waals surface area contributed by atoms with Crippen LogP contribution in [0.3, 0.4) is 0 Å². The second-order valence-electron chi connectivity index (χ2n) is 4.64. The quantitative estimate of drug-likeness (QED) is 0.666. The third-order valence-electron chi connectivity index (χ3n) is 1.94. The van der Waals surface area contributed by atoms with Gasteiger partial charge in [0.25, 0.3) is 0 Å². The van der Waals surface area contributed by atoms with E-state index >= 15 is 0 Å². The molecule has 1 amide bonds. The van der Waals surface area contributed by atoms with E-state index < -0.39 is 17.7 Å². The van der Waals surface area contributed by atoms with Crippen molar-refractivity contribution in [3.63, 3.8) is 0 Å². The van der Waals surface area contributed by atoms with Crippen LogP contribution in [-0.4, -0.2) is 29.8 Å². The van der Waals surface area contributed by atoms with Crippen LogP contribution in [0.1, 0.15) is 31.1 Å². The van der Waals surface area contributed by atoms with Crippen molar-refractivity contribution in [1.82, 2.24) is 4.98 Å². The smallest absolute Gasteiger partial charge is 0.412 e. The maximum Gasteiger partial charge on any atom is 0.412 e. The molecule has 0 bridgehead atoms. The Kier molecular flexibility index (Phi) is 4.88. The highest BCUT2D eigenvalue weighted by Crippen LogP contribution is 2.25. The number of carbonyl (C=O) groups excluding carboxylic acids is 2. The molecule has 19 heavy (non-hydrogen) atoms. The first-order valence-corrected chi connectivity index (χ1v) is 6.26. The lowest BCUT2D eigenvalue weighted by Gasteiger charge is -2.20. The maximum absolute atomic E-state index is 11.7. The fourth-order valence-corrected chi connectivity index (χ4v) is 1.67. The van der Waals surface area contributed by atoms with Gasteiger partial charge in [-0.25, -0.2) is 14.6 Å². The van der Waals surface area contributed by atoms with E-state index in [-0.39, 0.29) is 11.3 Å². The monoisotopic (exact) mass is 330 g/mol. The first-order valence-electron chi connectivity index (χ1n) is 5.47. The molecular formula is C12H15BrN2O4. The van der Waals surface area contributed by atoms with Gasteiger partial charge >= 0.3 is 12.1 Å². The number of aromatic nitrogens is 1. The molecule has 7 heteroatoms. The molecule has 0 aromatic carbocycles. The minimum absolute atomic E-state index is 0.190. The van der Waals surface area contributed by atoms with Crippen LogP contribution in [0.25, 0.3) is 0 Å². The van der Waals surface area contributed by atoms with Gasteiger partial charge in [0.15, 0.2) is 0 Å². The molecule has 0 saturated carbocycles. The van der Waals surface area contributed by atoms with Crippen LogP contribution < -0.4 is 5.32 Å². The van der Waals surface area contributed by atoms with E-state index in [0.717, 1.165) is 0 Å². The van der Waals surface area contributed by atoms with E-state index in [4.69, 9.17) is 4.74 Å². The van der Waals surface area contributed by atoms with Crippen LogP contribution in [0.2, 0.25) is 0 Å². The van der Waals surface area contributed by atoms with Gasteiger partial charge in [0, 0.05) is 6.20 Å². The standard InChI is InChI=1S/C12H15BrN2O4/c1-12(2,3)19-11(17)15-8-7(10(16)18-4)5-6-14-9(8)13/h5-6H,1-4H3,(H,15,17). The third kappa shape index (κ3) is 4.51. The van der Waals surface area contributed by atoms with Crippen LogP contribution in [0, 0.1) is 0 Å². The van der Waals surface area contributed by atoms with Crippen LogP contribution in [0.15, 0.2) is 16.9 Å². The first kappa shape index (κ1) is 15.4. The molecule has 0 atom stereocenters. The number of nitrogens with zero attached hydrogens (tertiary/aromatic N) is 1. The lowest BCUT2D eigenvalue weighted by atomic mass is 10.2. The third-order valence-corrected chi connectivity index (χ3v) is 2.54. The van der Waals surface area contributed by atoms with Crippen LogP contribution in [0.5, 0.6) is 0 Å². The molecule has 0 aliphatic rings. The van der Waals surface area contributed by atoms with Gasteiger partial charge in [0.05, 0.1) is 18.4 Å². The van der Waals surface area contributed by atoms with E-state index in [9.17, 15) is 9.59 Å². The van der Waals surface area contributed by atoms with Crippen molar-refractivity contribution in [2.24, 2.45) is 0 Å². The van der Waals surface area contributed by atoms with E-state index in [1.54, 1.807) is 20.8 Å². The zero-order valence-electron chi connectivity index (χ0n) is 11.1. The van der Waals surface area contributed by atoms with Gasteiger partial charge in [0.1, 0.15) is 10.2 Å². The van der Waals surface area contributed by atoms with Gasteiger partial charge in [-0.15, -0.1) is 0 Å². The fraction of sp³-hybridized carbons (Fsp3) is 0.417. The number of amides is 1. The molecule has 0 radical (unpaired) electrons. The normalized spacial score (nSPS) is 10.8. The number of esters is 1. The molecule has 1 heterocycles. The average Bonchev–Trinajstić information content (AvgIpc) is 2.28. The number of anilines is 1.